The van der Waals surface area contributed by atoms with E-state index >= 15 is 0 Å². The van der Waals surface area contributed by atoms with Gasteiger partial charge in [-0.15, -0.1) is 0 Å². The van der Waals surface area contributed by atoms with Crippen molar-refractivity contribution >= 4 is 69.2 Å². The fourth-order valence-corrected chi connectivity index (χ4v) is 7.99. The number of carbonyl (C=O) groups is 2. The molecule has 7 heteroatoms. The molecule has 4 aromatic carbocycles. The molecule has 57 heavy (non-hydrogen) atoms. The van der Waals surface area contributed by atoms with Gasteiger partial charge in [-0.1, -0.05) is 121 Å². The highest BCUT2D eigenvalue weighted by Crippen LogP contribution is 2.44. The molecule has 4 N–H and O–H groups in total. The highest BCUT2D eigenvalue weighted by Gasteiger charge is 2.27. The van der Waals surface area contributed by atoms with E-state index in [0.29, 0.717) is 33.7 Å². The van der Waals surface area contributed by atoms with E-state index in [0.717, 1.165) is 66.9 Å². The van der Waals surface area contributed by atoms with Crippen LogP contribution in [0.3, 0.4) is 0 Å². The van der Waals surface area contributed by atoms with E-state index in [-0.39, 0.29) is 17.1 Å². The molecule has 0 fully saturated rings. The number of allylic oxidation sites excluding steroid dienone is 4. The Hall–Kier alpha value is -7.90. The molecule has 0 saturated heterocycles. The highest BCUT2D eigenvalue weighted by molar-refractivity contribution is 6.37. The maximum atomic E-state index is 13.8. The van der Waals surface area contributed by atoms with Gasteiger partial charge >= 0.3 is 0 Å². The fourth-order valence-electron chi connectivity index (χ4n) is 7.99. The number of benzene rings is 4. The lowest BCUT2D eigenvalue weighted by Gasteiger charge is -2.10. The topological polar surface area (TPSA) is 118 Å². The Balaban J connectivity index is 1.47. The molecule has 7 aromatic rings. The van der Waals surface area contributed by atoms with Gasteiger partial charge in [-0.2, -0.15) is 0 Å². The number of carbonyl (C=O) groups excluding carboxylic acids is 2. The average Bonchev–Trinajstić information content (AvgIpc) is 4.08. The van der Waals surface area contributed by atoms with E-state index in [1.54, 1.807) is 0 Å². The predicted molar refractivity (Wildman–Crippen MR) is 232 cm³/mol. The molecule has 0 unspecified atom stereocenters. The first-order valence-corrected chi connectivity index (χ1v) is 18.7. The number of ketones is 2. The van der Waals surface area contributed by atoms with E-state index in [1.807, 2.05) is 121 Å². The van der Waals surface area contributed by atoms with Gasteiger partial charge in [-0.05, 0) is 76.9 Å². The Kier molecular flexibility index (Phi) is 8.12. The first kappa shape index (κ1) is 33.7. The quantitative estimate of drug-likeness (QED) is 0.152. The van der Waals surface area contributed by atoms with Gasteiger partial charge in [0, 0.05) is 44.4 Å². The number of hydrogen-bond donors (Lipinski definition) is 3. The van der Waals surface area contributed by atoms with Gasteiger partial charge < -0.3 is 15.7 Å². The summed E-state index contributed by atoms with van der Waals surface area (Å²) in [6, 6.07) is 44.5. The second kappa shape index (κ2) is 13.7. The standard InChI is InChI=1S/C50H33N5O2/c51-48-47(35-29-34(56)21-28-42(35)57)49-45(32-17-9-3-10-18-32)40-26-24-38(53-40)43(30-13-5-1-6-14-30)36-22-23-37(52-36)44(31-15-7-2-8-16-31)39-25-27-41(54-39)46(50(48)55-49)33-19-11-4-12-20-33/h1-29,52,55H,51H2. The first-order valence-electron chi connectivity index (χ1n) is 18.7. The van der Waals surface area contributed by atoms with Gasteiger partial charge in [0.25, 0.3) is 0 Å². The summed E-state index contributed by atoms with van der Waals surface area (Å²) in [5, 5.41) is 0. The number of hydrogen-bond acceptors (Lipinski definition) is 5. The van der Waals surface area contributed by atoms with Gasteiger partial charge in [0.2, 0.25) is 0 Å². The zero-order valence-electron chi connectivity index (χ0n) is 30.5. The molecule has 0 spiro atoms. The number of fused-ring (bicyclic) bond motifs is 8. The van der Waals surface area contributed by atoms with E-state index in [1.165, 1.54) is 18.2 Å². The summed E-state index contributed by atoms with van der Waals surface area (Å²) in [4.78, 5) is 45.0. The Labute approximate surface area is 328 Å². The van der Waals surface area contributed by atoms with Crippen molar-refractivity contribution in [3.63, 3.8) is 0 Å². The molecule has 0 atom stereocenters. The second-order valence-electron chi connectivity index (χ2n) is 14.0. The molecule has 8 bridgehead atoms. The van der Waals surface area contributed by atoms with E-state index in [9.17, 15) is 9.59 Å². The van der Waals surface area contributed by atoms with Crippen LogP contribution in [-0.4, -0.2) is 31.5 Å². The minimum atomic E-state index is -0.318. The van der Waals surface area contributed by atoms with Crippen LogP contribution in [0.15, 0.2) is 152 Å². The first-order chi connectivity index (χ1) is 28.0. The summed E-state index contributed by atoms with van der Waals surface area (Å²) in [6.07, 6.45) is 12.0. The van der Waals surface area contributed by atoms with Crippen LogP contribution in [0.2, 0.25) is 0 Å². The van der Waals surface area contributed by atoms with Crippen molar-refractivity contribution in [2.75, 3.05) is 5.73 Å². The van der Waals surface area contributed by atoms with Crippen molar-refractivity contribution in [2.24, 2.45) is 0 Å². The third kappa shape index (κ3) is 5.86. The Morgan fingerprint density at radius 1 is 0.404 bits per heavy atom. The van der Waals surface area contributed by atoms with Crippen LogP contribution < -0.4 is 5.73 Å². The van der Waals surface area contributed by atoms with Crippen molar-refractivity contribution < 1.29 is 9.59 Å². The van der Waals surface area contributed by atoms with Gasteiger partial charge in [0.05, 0.1) is 39.5 Å². The third-order valence-corrected chi connectivity index (χ3v) is 10.5. The lowest BCUT2D eigenvalue weighted by molar-refractivity contribution is -0.113. The van der Waals surface area contributed by atoms with E-state index < -0.39 is 0 Å². The second-order valence-corrected chi connectivity index (χ2v) is 14.0. The maximum Gasteiger partial charge on any atom is 0.186 e. The largest absolute Gasteiger partial charge is 0.396 e. The summed E-state index contributed by atoms with van der Waals surface area (Å²) >= 11 is 0. The lowest BCUT2D eigenvalue weighted by Crippen LogP contribution is -2.08. The molecule has 0 amide bonds. The number of aromatic nitrogens is 4. The SMILES string of the molecule is Nc1c(C2=CC(=O)C=CC2=O)c2[nH]c1c(-c1ccccc1)c1nc(c(-c3ccccc3)c3ccc([nH]3)c(-c3ccccc3)c3nc(c2-c2ccccc2)C=C3)C=C1. The monoisotopic (exact) mass is 735 g/mol. The fraction of sp³-hybridized carbons (Fsp3) is 0. The minimum absolute atomic E-state index is 0.203. The van der Waals surface area contributed by atoms with Crippen molar-refractivity contribution in [2.45, 2.75) is 0 Å². The van der Waals surface area contributed by atoms with Gasteiger partial charge in [-0.25, -0.2) is 9.97 Å². The van der Waals surface area contributed by atoms with Gasteiger partial charge in [-0.3, -0.25) is 9.59 Å². The summed E-state index contributed by atoms with van der Waals surface area (Å²) in [5.74, 6) is -0.612. The van der Waals surface area contributed by atoms with Gasteiger partial charge in [0.15, 0.2) is 11.6 Å². The molecular weight excluding hydrogens is 703 g/mol. The number of nitrogens with one attached hydrogen (secondary N) is 2. The minimum Gasteiger partial charge on any atom is -0.396 e. The molecule has 0 radical (unpaired) electrons. The molecule has 1 aliphatic carbocycles. The smallest absolute Gasteiger partial charge is 0.186 e. The van der Waals surface area contributed by atoms with Crippen LogP contribution >= 0.6 is 0 Å². The normalized spacial score (nSPS) is 13.3. The Bertz CT molecular complexity index is 3080. The van der Waals surface area contributed by atoms with Gasteiger partial charge in [0.1, 0.15) is 0 Å². The Morgan fingerprint density at radius 2 is 0.807 bits per heavy atom. The van der Waals surface area contributed by atoms with Crippen LogP contribution in [-0.2, 0) is 9.59 Å². The molecule has 0 saturated carbocycles. The molecule has 7 nitrogen and oxygen atoms in total. The number of nitrogen functional groups attached to an aromatic ring is 1. The van der Waals surface area contributed by atoms with Crippen molar-refractivity contribution in [3.05, 3.63) is 180 Å². The van der Waals surface area contributed by atoms with Crippen LogP contribution in [0.4, 0.5) is 5.69 Å². The number of aromatic amines is 2. The van der Waals surface area contributed by atoms with Crippen LogP contribution in [0.25, 0.3) is 96.5 Å². The zero-order chi connectivity index (χ0) is 38.5. The molecule has 2 aliphatic heterocycles. The number of nitrogens with zero attached hydrogens (tertiary/aromatic N) is 2. The molecule has 3 aromatic heterocycles. The number of rotatable bonds is 5. The lowest BCUT2D eigenvalue weighted by atomic mass is 9.92. The predicted octanol–water partition coefficient (Wildman–Crippen LogP) is 11.0. The molecule has 5 heterocycles. The van der Waals surface area contributed by atoms with Crippen LogP contribution in [0.1, 0.15) is 28.3 Å². The summed E-state index contributed by atoms with van der Waals surface area (Å²) < 4.78 is 0. The molecule has 3 aliphatic rings. The maximum absolute atomic E-state index is 13.8. The summed E-state index contributed by atoms with van der Waals surface area (Å²) in [7, 11) is 0. The summed E-state index contributed by atoms with van der Waals surface area (Å²) in [6.45, 7) is 0. The molecule has 10 rings (SSSR count). The highest BCUT2D eigenvalue weighted by atomic mass is 16.1. The number of nitrogens with two attached hydrogens (primary N) is 1. The number of H-pyrrole nitrogens is 2. The molecular formula is C50H33N5O2. The zero-order valence-corrected chi connectivity index (χ0v) is 30.5. The average molecular weight is 736 g/mol. The van der Waals surface area contributed by atoms with Crippen molar-refractivity contribution in [1.29, 1.82) is 0 Å². The third-order valence-electron chi connectivity index (χ3n) is 10.5. The van der Waals surface area contributed by atoms with E-state index in [4.69, 9.17) is 15.7 Å². The van der Waals surface area contributed by atoms with Crippen LogP contribution in [0.5, 0.6) is 0 Å². The van der Waals surface area contributed by atoms with Crippen molar-refractivity contribution in [3.8, 4) is 44.5 Å². The van der Waals surface area contributed by atoms with E-state index in [2.05, 4.69) is 46.4 Å². The van der Waals surface area contributed by atoms with Crippen LogP contribution in [0, 0.1) is 0 Å². The van der Waals surface area contributed by atoms with Crippen molar-refractivity contribution in [1.82, 2.24) is 19.9 Å². The Morgan fingerprint density at radius 3 is 1.26 bits per heavy atom. The summed E-state index contributed by atoms with van der Waals surface area (Å²) in [5.41, 5.74) is 21.1. The molecule has 270 valence electrons. The number of anilines is 1.